The van der Waals surface area contributed by atoms with Crippen molar-refractivity contribution in [1.29, 1.82) is 0 Å². The lowest BCUT2D eigenvalue weighted by atomic mass is 10.1. The van der Waals surface area contributed by atoms with Gasteiger partial charge >= 0.3 is 0 Å². The maximum Gasteiger partial charge on any atom is 0.0584 e. The zero-order valence-electron chi connectivity index (χ0n) is 9.20. The van der Waals surface area contributed by atoms with Gasteiger partial charge in [-0.2, -0.15) is 0 Å². The Bertz CT molecular complexity index is 282. The number of aliphatic hydroxyl groups is 1. The Morgan fingerprint density at radius 3 is 2.40 bits per heavy atom. The lowest BCUT2D eigenvalue weighted by Crippen LogP contribution is -2.33. The highest BCUT2D eigenvalue weighted by molar-refractivity contribution is 9.10. The van der Waals surface area contributed by atoms with E-state index in [0.717, 1.165) is 10.9 Å². The first-order valence-corrected chi connectivity index (χ1v) is 6.09. The number of halogens is 1. The molecule has 0 aliphatic heterocycles. The average Bonchev–Trinajstić information content (AvgIpc) is 2.26. The zero-order chi connectivity index (χ0) is 11.3. The van der Waals surface area contributed by atoms with Crippen LogP contribution in [0.1, 0.15) is 31.9 Å². The van der Waals surface area contributed by atoms with Crippen LogP contribution in [0, 0.1) is 0 Å². The quantitative estimate of drug-likeness (QED) is 0.863. The summed E-state index contributed by atoms with van der Waals surface area (Å²) < 4.78 is 1.09. The lowest BCUT2D eigenvalue weighted by Gasteiger charge is -2.20. The van der Waals surface area contributed by atoms with Gasteiger partial charge in [0.1, 0.15) is 0 Å². The Labute approximate surface area is 99.8 Å². The van der Waals surface area contributed by atoms with Gasteiger partial charge in [-0.1, -0.05) is 35.0 Å². The standard InChI is InChI=1S/C12H18BrNO/c1-3-12(8-15)14-9(2)10-4-6-11(13)7-5-10/h4-7,9,12,14-15H,3,8H2,1-2H3/t9?,12-/m1/s1. The second kappa shape index (κ2) is 6.26. The molecule has 1 aromatic rings. The van der Waals surface area contributed by atoms with Crippen LogP contribution in [0.5, 0.6) is 0 Å². The van der Waals surface area contributed by atoms with E-state index in [9.17, 15) is 0 Å². The molecule has 2 N–H and O–H groups in total. The SMILES string of the molecule is CC[C@H](CO)NC(C)c1ccc(Br)cc1. The molecule has 0 saturated carbocycles. The van der Waals surface area contributed by atoms with Crippen molar-refractivity contribution in [1.82, 2.24) is 5.32 Å². The molecule has 0 aliphatic carbocycles. The van der Waals surface area contributed by atoms with Crippen LogP contribution in [0.2, 0.25) is 0 Å². The van der Waals surface area contributed by atoms with Gasteiger partial charge in [0.05, 0.1) is 6.61 Å². The van der Waals surface area contributed by atoms with E-state index in [-0.39, 0.29) is 18.7 Å². The summed E-state index contributed by atoms with van der Waals surface area (Å²) in [5.74, 6) is 0. The molecule has 0 spiro atoms. The van der Waals surface area contributed by atoms with Crippen molar-refractivity contribution in [2.45, 2.75) is 32.4 Å². The number of aliphatic hydroxyl groups excluding tert-OH is 1. The highest BCUT2D eigenvalue weighted by Crippen LogP contribution is 2.17. The summed E-state index contributed by atoms with van der Waals surface area (Å²) in [6.07, 6.45) is 0.942. The first-order chi connectivity index (χ1) is 7.17. The zero-order valence-corrected chi connectivity index (χ0v) is 10.8. The molecule has 0 radical (unpaired) electrons. The van der Waals surface area contributed by atoms with Crippen molar-refractivity contribution in [3.05, 3.63) is 34.3 Å². The van der Waals surface area contributed by atoms with E-state index in [0.29, 0.717) is 0 Å². The molecule has 0 fully saturated rings. The van der Waals surface area contributed by atoms with Crippen molar-refractivity contribution < 1.29 is 5.11 Å². The van der Waals surface area contributed by atoms with Gasteiger partial charge in [-0.05, 0) is 31.0 Å². The van der Waals surface area contributed by atoms with Gasteiger partial charge < -0.3 is 10.4 Å². The maximum absolute atomic E-state index is 9.10. The van der Waals surface area contributed by atoms with Crippen molar-refractivity contribution in [2.24, 2.45) is 0 Å². The fourth-order valence-electron chi connectivity index (χ4n) is 1.50. The lowest BCUT2D eigenvalue weighted by molar-refractivity contribution is 0.230. The van der Waals surface area contributed by atoms with Crippen molar-refractivity contribution in [3.8, 4) is 0 Å². The van der Waals surface area contributed by atoms with Gasteiger partial charge in [-0.15, -0.1) is 0 Å². The van der Waals surface area contributed by atoms with E-state index < -0.39 is 0 Å². The summed E-state index contributed by atoms with van der Waals surface area (Å²) >= 11 is 3.41. The second-order valence-corrected chi connectivity index (χ2v) is 4.64. The molecule has 84 valence electrons. The summed E-state index contributed by atoms with van der Waals surface area (Å²) in [6.45, 7) is 4.38. The van der Waals surface area contributed by atoms with Gasteiger partial charge in [-0.3, -0.25) is 0 Å². The van der Waals surface area contributed by atoms with Crippen LogP contribution in [-0.2, 0) is 0 Å². The molecule has 2 nitrogen and oxygen atoms in total. The van der Waals surface area contributed by atoms with Crippen LogP contribution in [0.15, 0.2) is 28.7 Å². The van der Waals surface area contributed by atoms with Gasteiger partial charge in [-0.25, -0.2) is 0 Å². The topological polar surface area (TPSA) is 32.3 Å². The molecule has 0 amide bonds. The normalized spacial score (nSPS) is 14.9. The molecule has 2 atom stereocenters. The minimum Gasteiger partial charge on any atom is -0.395 e. The largest absolute Gasteiger partial charge is 0.395 e. The molecule has 0 aromatic heterocycles. The van der Waals surface area contributed by atoms with Crippen molar-refractivity contribution in [2.75, 3.05) is 6.61 Å². The van der Waals surface area contributed by atoms with E-state index in [1.54, 1.807) is 0 Å². The average molecular weight is 272 g/mol. The van der Waals surface area contributed by atoms with Crippen LogP contribution in [0.4, 0.5) is 0 Å². The minimum absolute atomic E-state index is 0.184. The third kappa shape index (κ3) is 3.93. The van der Waals surface area contributed by atoms with E-state index in [1.165, 1.54) is 5.56 Å². The predicted octanol–water partition coefficient (Wildman–Crippen LogP) is 2.87. The molecular weight excluding hydrogens is 254 g/mol. The molecule has 3 heteroatoms. The Hall–Kier alpha value is -0.380. The Morgan fingerprint density at radius 1 is 1.33 bits per heavy atom. The summed E-state index contributed by atoms with van der Waals surface area (Å²) in [7, 11) is 0. The van der Waals surface area contributed by atoms with E-state index >= 15 is 0 Å². The molecule has 15 heavy (non-hydrogen) atoms. The first kappa shape index (κ1) is 12.7. The predicted molar refractivity (Wildman–Crippen MR) is 66.9 cm³/mol. The number of hydrogen-bond donors (Lipinski definition) is 2. The van der Waals surface area contributed by atoms with Crippen LogP contribution in [0.3, 0.4) is 0 Å². The monoisotopic (exact) mass is 271 g/mol. The summed E-state index contributed by atoms with van der Waals surface area (Å²) in [5, 5.41) is 12.5. The molecule has 0 heterocycles. The van der Waals surface area contributed by atoms with Crippen LogP contribution in [-0.4, -0.2) is 17.8 Å². The van der Waals surface area contributed by atoms with Crippen LogP contribution in [0.25, 0.3) is 0 Å². The number of rotatable bonds is 5. The van der Waals surface area contributed by atoms with Gasteiger partial charge in [0.25, 0.3) is 0 Å². The van der Waals surface area contributed by atoms with Gasteiger partial charge in [0.2, 0.25) is 0 Å². The molecule has 0 bridgehead atoms. The number of nitrogens with one attached hydrogen (secondary N) is 1. The third-order valence-electron chi connectivity index (χ3n) is 2.57. The van der Waals surface area contributed by atoms with Crippen molar-refractivity contribution >= 4 is 15.9 Å². The van der Waals surface area contributed by atoms with Crippen LogP contribution < -0.4 is 5.32 Å². The first-order valence-electron chi connectivity index (χ1n) is 5.29. The maximum atomic E-state index is 9.10. The smallest absolute Gasteiger partial charge is 0.0584 e. The fraction of sp³-hybridized carbons (Fsp3) is 0.500. The van der Waals surface area contributed by atoms with E-state index in [2.05, 4.69) is 47.2 Å². The molecule has 1 aromatic carbocycles. The van der Waals surface area contributed by atoms with E-state index in [1.807, 2.05) is 12.1 Å². The molecule has 0 aliphatic rings. The summed E-state index contributed by atoms with van der Waals surface area (Å²) in [4.78, 5) is 0. The third-order valence-corrected chi connectivity index (χ3v) is 3.10. The molecule has 1 rings (SSSR count). The molecule has 0 saturated heterocycles. The Morgan fingerprint density at radius 2 is 1.93 bits per heavy atom. The van der Waals surface area contributed by atoms with Gasteiger partial charge in [0.15, 0.2) is 0 Å². The summed E-state index contributed by atoms with van der Waals surface area (Å²) in [5.41, 5.74) is 1.24. The molecular formula is C12H18BrNO. The summed E-state index contributed by atoms with van der Waals surface area (Å²) in [6, 6.07) is 8.71. The van der Waals surface area contributed by atoms with E-state index in [4.69, 9.17) is 5.11 Å². The highest BCUT2D eigenvalue weighted by atomic mass is 79.9. The Balaban J connectivity index is 2.60. The Kier molecular flexibility index (Phi) is 5.29. The van der Waals surface area contributed by atoms with Crippen LogP contribution >= 0.6 is 15.9 Å². The van der Waals surface area contributed by atoms with Gasteiger partial charge in [0, 0.05) is 16.6 Å². The highest BCUT2D eigenvalue weighted by Gasteiger charge is 2.10. The minimum atomic E-state index is 0.184. The second-order valence-electron chi connectivity index (χ2n) is 3.73. The fourth-order valence-corrected chi connectivity index (χ4v) is 1.77. The van der Waals surface area contributed by atoms with Crippen molar-refractivity contribution in [3.63, 3.8) is 0 Å². The molecule has 1 unspecified atom stereocenters. The number of hydrogen-bond acceptors (Lipinski definition) is 2. The number of benzene rings is 1.